The van der Waals surface area contributed by atoms with Gasteiger partial charge in [-0.15, -0.1) is 0 Å². The molecule has 3 saturated carbocycles. The summed E-state index contributed by atoms with van der Waals surface area (Å²) in [4.78, 5) is 21.6. The predicted octanol–water partition coefficient (Wildman–Crippen LogP) is 0.674. The van der Waals surface area contributed by atoms with Crippen molar-refractivity contribution in [2.45, 2.75) is 12.8 Å². The predicted molar refractivity (Wildman–Crippen MR) is 45.4 cm³/mol. The molecule has 2 N–H and O–H groups in total. The fraction of sp³-hybridized carbons (Fsp3) is 0.800. The van der Waals surface area contributed by atoms with Crippen LogP contribution in [0.4, 0.5) is 0 Å². The van der Waals surface area contributed by atoms with Crippen LogP contribution in [-0.4, -0.2) is 22.2 Å². The number of fused-ring (bicyclic) bond motifs is 3. The molecule has 0 aromatic carbocycles. The molecular weight excluding hydrogens is 184 g/mol. The average Bonchev–Trinajstić information content (AvgIpc) is 2.95. The summed E-state index contributed by atoms with van der Waals surface area (Å²) in [5, 5.41) is 17.8. The summed E-state index contributed by atoms with van der Waals surface area (Å²) >= 11 is 0. The van der Waals surface area contributed by atoms with Crippen LogP contribution in [0.3, 0.4) is 0 Å². The molecule has 3 rings (SSSR count). The van der Waals surface area contributed by atoms with Crippen LogP contribution in [0.5, 0.6) is 0 Å². The maximum absolute atomic E-state index is 10.8. The van der Waals surface area contributed by atoms with E-state index < -0.39 is 11.9 Å². The zero-order valence-corrected chi connectivity index (χ0v) is 7.59. The standard InChI is InChI=1S/C10H12O4/c11-9(12)7-3-1-2-4-6(5(3)7)8(4)10(13)14/h3-8H,1-2H2,(H,11,12)(H,13,14)/t3-,4-,5+,6+,7-,8+/m1/s1. The van der Waals surface area contributed by atoms with Crippen molar-refractivity contribution >= 4 is 11.9 Å². The van der Waals surface area contributed by atoms with Crippen molar-refractivity contribution in [2.75, 3.05) is 0 Å². The van der Waals surface area contributed by atoms with Gasteiger partial charge in [0.15, 0.2) is 0 Å². The molecule has 3 aliphatic carbocycles. The van der Waals surface area contributed by atoms with Crippen molar-refractivity contribution in [1.29, 1.82) is 0 Å². The van der Waals surface area contributed by atoms with E-state index in [9.17, 15) is 9.59 Å². The number of carboxylic acid groups (broad SMARTS) is 2. The monoisotopic (exact) mass is 196 g/mol. The third-order valence-corrected chi connectivity index (χ3v) is 4.31. The zero-order valence-electron chi connectivity index (χ0n) is 7.59. The molecule has 6 atom stereocenters. The van der Waals surface area contributed by atoms with E-state index >= 15 is 0 Å². The molecule has 14 heavy (non-hydrogen) atoms. The summed E-state index contributed by atoms with van der Waals surface area (Å²) in [7, 11) is 0. The number of carbonyl (C=O) groups is 2. The minimum absolute atomic E-state index is 0.187. The van der Waals surface area contributed by atoms with Crippen molar-refractivity contribution in [2.24, 2.45) is 35.5 Å². The van der Waals surface area contributed by atoms with Crippen molar-refractivity contribution in [3.8, 4) is 0 Å². The molecule has 0 aromatic heterocycles. The third kappa shape index (κ3) is 0.837. The van der Waals surface area contributed by atoms with E-state index in [1.54, 1.807) is 0 Å². The van der Waals surface area contributed by atoms with Crippen molar-refractivity contribution in [3.63, 3.8) is 0 Å². The molecule has 3 aliphatic rings. The lowest BCUT2D eigenvalue weighted by atomic mass is 10.0. The molecule has 0 radical (unpaired) electrons. The summed E-state index contributed by atoms with van der Waals surface area (Å²) in [5.41, 5.74) is 0. The van der Waals surface area contributed by atoms with Crippen LogP contribution in [0.2, 0.25) is 0 Å². The Kier molecular flexibility index (Phi) is 1.36. The largest absolute Gasteiger partial charge is 0.481 e. The molecule has 0 bridgehead atoms. The van der Waals surface area contributed by atoms with Gasteiger partial charge in [-0.3, -0.25) is 9.59 Å². The quantitative estimate of drug-likeness (QED) is 0.680. The highest BCUT2D eigenvalue weighted by Gasteiger charge is 2.72. The Hall–Kier alpha value is -1.06. The summed E-state index contributed by atoms with van der Waals surface area (Å²) in [5.74, 6) is -0.951. The minimum Gasteiger partial charge on any atom is -0.481 e. The minimum atomic E-state index is -0.725. The third-order valence-electron chi connectivity index (χ3n) is 4.31. The molecule has 0 spiro atoms. The Morgan fingerprint density at radius 1 is 0.857 bits per heavy atom. The van der Waals surface area contributed by atoms with Gasteiger partial charge in [0, 0.05) is 0 Å². The van der Waals surface area contributed by atoms with Gasteiger partial charge in [0.25, 0.3) is 0 Å². The molecular formula is C10H12O4. The smallest absolute Gasteiger partial charge is 0.307 e. The lowest BCUT2D eigenvalue weighted by molar-refractivity contribution is -0.141. The molecule has 0 aromatic rings. The van der Waals surface area contributed by atoms with Gasteiger partial charge in [-0.1, -0.05) is 0 Å². The Balaban J connectivity index is 1.78. The molecule has 76 valence electrons. The van der Waals surface area contributed by atoms with E-state index in [1.165, 1.54) is 0 Å². The fourth-order valence-electron chi connectivity index (χ4n) is 3.68. The van der Waals surface area contributed by atoms with E-state index in [0.29, 0.717) is 0 Å². The summed E-state index contributed by atoms with van der Waals surface area (Å²) < 4.78 is 0. The number of carboxylic acids is 2. The Morgan fingerprint density at radius 2 is 1.21 bits per heavy atom. The molecule has 0 heterocycles. The van der Waals surface area contributed by atoms with Gasteiger partial charge in [0.1, 0.15) is 0 Å². The van der Waals surface area contributed by atoms with Crippen molar-refractivity contribution in [3.05, 3.63) is 0 Å². The van der Waals surface area contributed by atoms with E-state index in [0.717, 1.165) is 12.8 Å². The average molecular weight is 196 g/mol. The lowest BCUT2D eigenvalue weighted by Crippen LogP contribution is -2.04. The van der Waals surface area contributed by atoms with E-state index in [-0.39, 0.29) is 35.5 Å². The van der Waals surface area contributed by atoms with Gasteiger partial charge in [-0.05, 0) is 36.5 Å². The van der Waals surface area contributed by atoms with Crippen LogP contribution in [0.1, 0.15) is 12.8 Å². The van der Waals surface area contributed by atoms with Crippen LogP contribution in [-0.2, 0) is 9.59 Å². The van der Waals surface area contributed by atoms with E-state index in [4.69, 9.17) is 10.2 Å². The van der Waals surface area contributed by atoms with Crippen LogP contribution in [0.25, 0.3) is 0 Å². The first-order chi connectivity index (χ1) is 6.63. The SMILES string of the molecule is O=C(O)[C@@H]1[C@@H]2CC[C@H]3[C@H](C(=O)O)[C@@H]3[C@H]21. The van der Waals surface area contributed by atoms with Gasteiger partial charge < -0.3 is 10.2 Å². The van der Waals surface area contributed by atoms with Crippen LogP contribution < -0.4 is 0 Å². The first kappa shape index (κ1) is 8.26. The van der Waals surface area contributed by atoms with Gasteiger partial charge in [0.05, 0.1) is 11.8 Å². The highest BCUT2D eigenvalue weighted by atomic mass is 16.4. The second kappa shape index (κ2) is 2.30. The normalized spacial score (nSPS) is 52.9. The van der Waals surface area contributed by atoms with Crippen molar-refractivity contribution < 1.29 is 19.8 Å². The second-order valence-corrected chi connectivity index (χ2v) is 4.79. The highest BCUT2D eigenvalue weighted by molar-refractivity contribution is 5.78. The second-order valence-electron chi connectivity index (χ2n) is 4.79. The van der Waals surface area contributed by atoms with Crippen LogP contribution in [0, 0.1) is 35.5 Å². The first-order valence-corrected chi connectivity index (χ1v) is 5.08. The number of hydrogen-bond acceptors (Lipinski definition) is 2. The van der Waals surface area contributed by atoms with Crippen molar-refractivity contribution in [1.82, 2.24) is 0 Å². The number of hydrogen-bond donors (Lipinski definition) is 2. The summed E-state index contributed by atoms with van der Waals surface area (Å²) in [6.45, 7) is 0. The molecule has 0 saturated heterocycles. The molecule has 0 amide bonds. The molecule has 4 heteroatoms. The molecule has 4 nitrogen and oxygen atoms in total. The first-order valence-electron chi connectivity index (χ1n) is 5.08. The van der Waals surface area contributed by atoms with Gasteiger partial charge in [0.2, 0.25) is 0 Å². The highest BCUT2D eigenvalue weighted by Crippen LogP contribution is 2.71. The molecule has 3 fully saturated rings. The number of rotatable bonds is 2. The summed E-state index contributed by atoms with van der Waals surface area (Å²) in [6, 6.07) is 0. The Morgan fingerprint density at radius 3 is 1.50 bits per heavy atom. The van der Waals surface area contributed by atoms with Gasteiger partial charge >= 0.3 is 11.9 Å². The molecule has 0 aliphatic heterocycles. The van der Waals surface area contributed by atoms with E-state index in [1.807, 2.05) is 0 Å². The fourth-order valence-corrected chi connectivity index (χ4v) is 3.68. The zero-order chi connectivity index (χ0) is 10.0. The molecule has 0 unspecified atom stereocenters. The maximum Gasteiger partial charge on any atom is 0.307 e. The lowest BCUT2D eigenvalue weighted by Gasteiger charge is -2.03. The van der Waals surface area contributed by atoms with Gasteiger partial charge in [-0.2, -0.15) is 0 Å². The Labute approximate surface area is 80.9 Å². The van der Waals surface area contributed by atoms with E-state index in [2.05, 4.69) is 0 Å². The van der Waals surface area contributed by atoms with Gasteiger partial charge in [-0.25, -0.2) is 0 Å². The maximum atomic E-state index is 10.8. The Bertz CT molecular complexity index is 292. The van der Waals surface area contributed by atoms with Crippen LogP contribution in [0.15, 0.2) is 0 Å². The summed E-state index contributed by atoms with van der Waals surface area (Å²) in [6.07, 6.45) is 1.85. The number of aliphatic carboxylic acids is 2. The van der Waals surface area contributed by atoms with Crippen LogP contribution >= 0.6 is 0 Å². The topological polar surface area (TPSA) is 74.6 Å².